The second-order valence-corrected chi connectivity index (χ2v) is 7.91. The third-order valence-corrected chi connectivity index (χ3v) is 5.90. The summed E-state index contributed by atoms with van der Waals surface area (Å²) in [4.78, 5) is 29.8. The van der Waals surface area contributed by atoms with Crippen molar-refractivity contribution in [1.82, 2.24) is 4.98 Å². The van der Waals surface area contributed by atoms with E-state index in [1.807, 2.05) is 23.6 Å². The third kappa shape index (κ3) is 4.02. The molecule has 142 valence electrons. The molecule has 0 fully saturated rings. The van der Waals surface area contributed by atoms with Gasteiger partial charge in [0.1, 0.15) is 5.75 Å². The first-order valence-electron chi connectivity index (χ1n) is 8.62. The van der Waals surface area contributed by atoms with Crippen LogP contribution in [0.2, 0.25) is 0 Å². The Morgan fingerprint density at radius 3 is 3.00 bits per heavy atom. The van der Waals surface area contributed by atoms with Crippen molar-refractivity contribution < 1.29 is 14.3 Å². The summed E-state index contributed by atoms with van der Waals surface area (Å²) in [5.41, 5.74) is 4.52. The summed E-state index contributed by atoms with van der Waals surface area (Å²) in [6, 6.07) is 12.7. The number of thiazole rings is 1. The number of benzene rings is 2. The second-order valence-electron chi connectivity index (χ2n) is 6.18. The minimum atomic E-state index is -0.533. The normalized spacial score (nSPS) is 15.3. The summed E-state index contributed by atoms with van der Waals surface area (Å²) in [7, 11) is 0. The number of anilines is 2. The van der Waals surface area contributed by atoms with E-state index in [9.17, 15) is 9.59 Å². The highest BCUT2D eigenvalue weighted by atomic mass is 32.2. The Bertz CT molecular complexity index is 1020. The van der Waals surface area contributed by atoms with Gasteiger partial charge in [-0.15, -0.1) is 23.1 Å². The van der Waals surface area contributed by atoms with Gasteiger partial charge in [0, 0.05) is 21.7 Å². The van der Waals surface area contributed by atoms with Gasteiger partial charge < -0.3 is 15.4 Å². The lowest BCUT2D eigenvalue weighted by molar-refractivity contribution is -0.122. The number of thioether (sulfide) groups is 1. The zero-order valence-electron chi connectivity index (χ0n) is 15.0. The zero-order valence-corrected chi connectivity index (χ0v) is 16.6. The number of rotatable bonds is 5. The van der Waals surface area contributed by atoms with Gasteiger partial charge in [0.15, 0.2) is 6.10 Å². The van der Waals surface area contributed by atoms with Crippen LogP contribution in [0.5, 0.6) is 5.75 Å². The molecule has 0 aliphatic carbocycles. The average Bonchev–Trinajstić information content (AvgIpc) is 3.21. The summed E-state index contributed by atoms with van der Waals surface area (Å²) in [6.45, 7) is 1.69. The summed E-state index contributed by atoms with van der Waals surface area (Å²) in [6.07, 6.45) is -0.533. The lowest BCUT2D eigenvalue weighted by atomic mass is 10.2. The standard InChI is InChI=1S/C20H17N3O3S2/c1-12-19(24)23-16-8-13(6-7-17(16)26-12)22-20(25)15-4-2-3-5-18(15)28-10-14-9-27-11-21-14/h2-9,11-12H,10H2,1H3,(H,22,25)(H,23,24)/t12-/m1/s1. The van der Waals surface area contributed by atoms with Gasteiger partial charge in [-0.25, -0.2) is 4.98 Å². The van der Waals surface area contributed by atoms with Crippen molar-refractivity contribution in [3.63, 3.8) is 0 Å². The maximum atomic E-state index is 12.8. The molecule has 28 heavy (non-hydrogen) atoms. The van der Waals surface area contributed by atoms with E-state index in [4.69, 9.17) is 4.74 Å². The molecule has 3 aromatic rings. The quantitative estimate of drug-likeness (QED) is 0.608. The van der Waals surface area contributed by atoms with Crippen molar-refractivity contribution in [2.45, 2.75) is 23.7 Å². The zero-order chi connectivity index (χ0) is 19.5. The highest BCUT2D eigenvalue weighted by Gasteiger charge is 2.23. The predicted molar refractivity (Wildman–Crippen MR) is 111 cm³/mol. The van der Waals surface area contributed by atoms with Gasteiger partial charge in [0.25, 0.3) is 11.8 Å². The van der Waals surface area contributed by atoms with Crippen molar-refractivity contribution in [3.05, 3.63) is 64.6 Å². The van der Waals surface area contributed by atoms with Crippen molar-refractivity contribution in [2.75, 3.05) is 10.6 Å². The molecule has 0 saturated carbocycles. The Morgan fingerprint density at radius 1 is 1.32 bits per heavy atom. The monoisotopic (exact) mass is 411 g/mol. The molecule has 1 aromatic heterocycles. The lowest BCUT2D eigenvalue weighted by Gasteiger charge is -2.23. The van der Waals surface area contributed by atoms with E-state index in [0.717, 1.165) is 10.6 Å². The van der Waals surface area contributed by atoms with Gasteiger partial charge in [-0.2, -0.15) is 0 Å². The van der Waals surface area contributed by atoms with Crippen molar-refractivity contribution in [1.29, 1.82) is 0 Å². The Morgan fingerprint density at radius 2 is 2.18 bits per heavy atom. The molecule has 8 heteroatoms. The number of carbonyl (C=O) groups is 2. The first-order chi connectivity index (χ1) is 13.6. The SMILES string of the molecule is C[C@H]1Oc2ccc(NC(=O)c3ccccc3SCc3cscn3)cc2NC1=O. The molecule has 1 atom stereocenters. The molecule has 0 saturated heterocycles. The van der Waals surface area contributed by atoms with Crippen LogP contribution in [0.1, 0.15) is 23.0 Å². The minimum Gasteiger partial charge on any atom is -0.479 e. The molecule has 2 heterocycles. The maximum Gasteiger partial charge on any atom is 0.265 e. The van der Waals surface area contributed by atoms with E-state index in [0.29, 0.717) is 28.4 Å². The summed E-state index contributed by atoms with van der Waals surface area (Å²) in [5.74, 6) is 0.871. The molecular weight excluding hydrogens is 394 g/mol. The number of nitrogens with zero attached hydrogens (tertiary/aromatic N) is 1. The second kappa shape index (κ2) is 8.04. The van der Waals surface area contributed by atoms with Crippen LogP contribution < -0.4 is 15.4 Å². The van der Waals surface area contributed by atoms with Crippen molar-refractivity contribution >= 4 is 46.3 Å². The van der Waals surface area contributed by atoms with Gasteiger partial charge >= 0.3 is 0 Å². The lowest BCUT2D eigenvalue weighted by Crippen LogP contribution is -2.34. The molecule has 0 radical (unpaired) electrons. The van der Waals surface area contributed by atoms with E-state index >= 15 is 0 Å². The number of amides is 2. The van der Waals surface area contributed by atoms with E-state index in [-0.39, 0.29) is 11.8 Å². The van der Waals surface area contributed by atoms with Crippen LogP contribution in [0.3, 0.4) is 0 Å². The number of aromatic nitrogens is 1. The predicted octanol–water partition coefficient (Wildman–Crippen LogP) is 4.41. The van der Waals surface area contributed by atoms with Crippen molar-refractivity contribution in [2.24, 2.45) is 0 Å². The molecule has 2 aromatic carbocycles. The molecule has 1 aliphatic heterocycles. The fraction of sp³-hybridized carbons (Fsp3) is 0.150. The van der Waals surface area contributed by atoms with Gasteiger partial charge in [0.2, 0.25) is 0 Å². The van der Waals surface area contributed by atoms with Crippen molar-refractivity contribution in [3.8, 4) is 5.75 Å². The van der Waals surface area contributed by atoms with Crippen LogP contribution in [0.25, 0.3) is 0 Å². The van der Waals surface area contributed by atoms with Crippen LogP contribution in [-0.2, 0) is 10.5 Å². The fourth-order valence-corrected chi connectivity index (χ4v) is 4.34. The van der Waals surface area contributed by atoms with Crippen LogP contribution in [0, 0.1) is 0 Å². The molecule has 2 amide bonds. The molecule has 1 aliphatic rings. The van der Waals surface area contributed by atoms with Crippen LogP contribution in [0.15, 0.2) is 58.3 Å². The van der Waals surface area contributed by atoms with E-state index in [1.54, 1.807) is 59.8 Å². The summed E-state index contributed by atoms with van der Waals surface area (Å²) >= 11 is 3.13. The molecule has 0 spiro atoms. The number of nitrogens with one attached hydrogen (secondary N) is 2. The maximum absolute atomic E-state index is 12.8. The van der Waals surface area contributed by atoms with Gasteiger partial charge in [-0.3, -0.25) is 9.59 Å². The van der Waals surface area contributed by atoms with Crippen LogP contribution in [0.4, 0.5) is 11.4 Å². The van der Waals surface area contributed by atoms with Crippen LogP contribution >= 0.6 is 23.1 Å². The topological polar surface area (TPSA) is 80.3 Å². The first kappa shape index (κ1) is 18.5. The molecule has 0 unspecified atom stereocenters. The number of hydrogen-bond donors (Lipinski definition) is 2. The molecule has 6 nitrogen and oxygen atoms in total. The number of ether oxygens (including phenoxy) is 1. The van der Waals surface area contributed by atoms with Gasteiger partial charge in [-0.1, -0.05) is 12.1 Å². The largest absolute Gasteiger partial charge is 0.479 e. The van der Waals surface area contributed by atoms with E-state index in [1.165, 1.54) is 0 Å². The number of hydrogen-bond acceptors (Lipinski definition) is 6. The molecule has 4 rings (SSSR count). The average molecular weight is 412 g/mol. The fourth-order valence-electron chi connectivity index (χ4n) is 2.73. The Labute approximate surface area is 170 Å². The Balaban J connectivity index is 1.50. The summed E-state index contributed by atoms with van der Waals surface area (Å²) < 4.78 is 5.54. The van der Waals surface area contributed by atoms with E-state index < -0.39 is 6.10 Å². The number of carbonyl (C=O) groups excluding carboxylic acids is 2. The first-order valence-corrected chi connectivity index (χ1v) is 10.5. The van der Waals surface area contributed by atoms with Crippen LogP contribution in [-0.4, -0.2) is 22.9 Å². The molecule has 0 bridgehead atoms. The smallest absolute Gasteiger partial charge is 0.265 e. The highest BCUT2D eigenvalue weighted by molar-refractivity contribution is 7.98. The molecule has 2 N–H and O–H groups in total. The third-order valence-electron chi connectivity index (χ3n) is 4.16. The van der Waals surface area contributed by atoms with E-state index in [2.05, 4.69) is 15.6 Å². The minimum absolute atomic E-state index is 0.209. The number of fused-ring (bicyclic) bond motifs is 1. The summed E-state index contributed by atoms with van der Waals surface area (Å²) in [5, 5.41) is 7.68. The van der Waals surface area contributed by atoms with Gasteiger partial charge in [-0.05, 0) is 37.3 Å². The highest BCUT2D eigenvalue weighted by Crippen LogP contribution is 2.33. The van der Waals surface area contributed by atoms with Gasteiger partial charge in [0.05, 0.1) is 22.5 Å². The Hall–Kier alpha value is -2.84. The Kier molecular flexibility index (Phi) is 5.31. The molecular formula is C20H17N3O3S2.